The van der Waals surface area contributed by atoms with Gasteiger partial charge in [0.2, 0.25) is 5.84 Å². The van der Waals surface area contributed by atoms with Crippen LogP contribution >= 0.6 is 11.6 Å². The lowest BCUT2D eigenvalue weighted by Gasteiger charge is -2.06. The van der Waals surface area contributed by atoms with Crippen LogP contribution in [-0.4, -0.2) is 11.7 Å². The average molecular weight is 289 g/mol. The van der Waals surface area contributed by atoms with Gasteiger partial charge < -0.3 is 11.1 Å². The normalized spacial score (nSPS) is 10.9. The number of rotatable bonds is 3. The van der Waals surface area contributed by atoms with Gasteiger partial charge in [0.1, 0.15) is 0 Å². The lowest BCUT2D eigenvalue weighted by Crippen LogP contribution is -2.31. The Hall–Kier alpha value is -2.53. The Balaban J connectivity index is 2.00. The number of hydrogen-bond donors (Lipinski definition) is 3. The molecule has 0 unspecified atom stereocenters. The number of nitrogens with one attached hydrogen (secondary N) is 2. The van der Waals surface area contributed by atoms with E-state index in [1.165, 1.54) is 0 Å². The Bertz CT molecular complexity index is 628. The number of halogens is 1. The fourth-order valence-electron chi connectivity index (χ4n) is 1.44. The highest BCUT2D eigenvalue weighted by molar-refractivity contribution is 6.43. The molecule has 0 saturated heterocycles. The number of carbonyl (C=O) groups is 1. The van der Waals surface area contributed by atoms with Gasteiger partial charge in [-0.3, -0.25) is 10.2 Å². The predicted octanol–water partition coefficient (Wildman–Crippen LogP) is 2.66. The van der Waals surface area contributed by atoms with Crippen LogP contribution in [0.25, 0.3) is 0 Å². The maximum absolute atomic E-state index is 11.8. The summed E-state index contributed by atoms with van der Waals surface area (Å²) >= 11 is 5.93. The number of amides is 1. The van der Waals surface area contributed by atoms with Crippen molar-refractivity contribution in [2.75, 3.05) is 10.7 Å². The van der Waals surface area contributed by atoms with Crippen molar-refractivity contribution in [3.63, 3.8) is 0 Å². The number of para-hydroxylation sites is 2. The summed E-state index contributed by atoms with van der Waals surface area (Å²) in [4.78, 5) is 11.8. The Morgan fingerprint density at radius 3 is 2.40 bits per heavy atom. The molecule has 20 heavy (non-hydrogen) atoms. The highest BCUT2D eigenvalue weighted by atomic mass is 35.5. The first-order valence-electron chi connectivity index (χ1n) is 5.87. The maximum Gasteiger partial charge on any atom is 0.292 e. The van der Waals surface area contributed by atoms with E-state index in [1.807, 2.05) is 30.3 Å². The summed E-state index contributed by atoms with van der Waals surface area (Å²) in [5.74, 6) is -0.713. The first-order valence-corrected chi connectivity index (χ1v) is 6.24. The molecule has 4 N–H and O–H groups in total. The molecule has 0 atom stereocenters. The van der Waals surface area contributed by atoms with E-state index in [0.29, 0.717) is 10.7 Å². The van der Waals surface area contributed by atoms with Gasteiger partial charge in [0.05, 0.1) is 16.4 Å². The third-order valence-electron chi connectivity index (χ3n) is 2.43. The van der Waals surface area contributed by atoms with Crippen molar-refractivity contribution in [3.05, 3.63) is 59.6 Å². The summed E-state index contributed by atoms with van der Waals surface area (Å²) in [6, 6.07) is 16.1. The van der Waals surface area contributed by atoms with E-state index in [0.717, 1.165) is 5.69 Å². The molecule has 0 aliphatic heterocycles. The Kier molecular flexibility index (Phi) is 4.57. The van der Waals surface area contributed by atoms with Gasteiger partial charge in [-0.25, -0.2) is 0 Å². The van der Waals surface area contributed by atoms with E-state index in [-0.39, 0.29) is 5.84 Å². The van der Waals surface area contributed by atoms with Gasteiger partial charge >= 0.3 is 0 Å². The second-order valence-electron chi connectivity index (χ2n) is 3.91. The zero-order valence-corrected chi connectivity index (χ0v) is 11.3. The lowest BCUT2D eigenvalue weighted by molar-refractivity contribution is -0.110. The van der Waals surface area contributed by atoms with Gasteiger partial charge in [0, 0.05) is 0 Å². The van der Waals surface area contributed by atoms with Gasteiger partial charge in [-0.15, -0.1) is 0 Å². The summed E-state index contributed by atoms with van der Waals surface area (Å²) < 4.78 is 0. The van der Waals surface area contributed by atoms with Crippen LogP contribution in [0.5, 0.6) is 0 Å². The van der Waals surface area contributed by atoms with Crippen molar-refractivity contribution in [3.8, 4) is 0 Å². The van der Waals surface area contributed by atoms with Crippen LogP contribution in [0.2, 0.25) is 5.02 Å². The molecule has 0 spiro atoms. The molecule has 2 aromatic rings. The molecule has 1 amide bonds. The fourth-order valence-corrected chi connectivity index (χ4v) is 1.62. The smallest absolute Gasteiger partial charge is 0.292 e. The number of hydrazone groups is 1. The molecule has 0 fully saturated rings. The molecule has 0 radical (unpaired) electrons. The van der Waals surface area contributed by atoms with Crippen LogP contribution in [0.3, 0.4) is 0 Å². The highest BCUT2D eigenvalue weighted by Crippen LogP contribution is 2.20. The monoisotopic (exact) mass is 288 g/mol. The van der Waals surface area contributed by atoms with E-state index in [4.69, 9.17) is 17.3 Å². The minimum atomic E-state index is -0.526. The van der Waals surface area contributed by atoms with E-state index in [1.54, 1.807) is 24.3 Å². The predicted molar refractivity (Wildman–Crippen MR) is 81.8 cm³/mol. The number of nitrogens with two attached hydrogens (primary N) is 1. The number of carbonyl (C=O) groups excluding carboxylic acids is 1. The summed E-state index contributed by atoms with van der Waals surface area (Å²) in [5.41, 5.74) is 9.51. The minimum Gasteiger partial charge on any atom is -0.378 e. The molecule has 0 saturated carbocycles. The van der Waals surface area contributed by atoms with Crippen LogP contribution in [0.1, 0.15) is 0 Å². The zero-order valence-electron chi connectivity index (χ0n) is 10.5. The summed E-state index contributed by atoms with van der Waals surface area (Å²) in [6.07, 6.45) is 0. The molecule has 0 heterocycles. The number of anilines is 2. The number of amidine groups is 1. The molecule has 2 rings (SSSR count). The Labute approximate surface area is 121 Å². The van der Waals surface area contributed by atoms with Crippen molar-refractivity contribution in [2.45, 2.75) is 0 Å². The summed E-state index contributed by atoms with van der Waals surface area (Å²) in [7, 11) is 0. The molecule has 0 aliphatic carbocycles. The lowest BCUT2D eigenvalue weighted by atomic mass is 10.3. The van der Waals surface area contributed by atoms with Gasteiger partial charge in [0.25, 0.3) is 5.91 Å². The first-order chi connectivity index (χ1) is 9.66. The Morgan fingerprint density at radius 2 is 1.70 bits per heavy atom. The third-order valence-corrected chi connectivity index (χ3v) is 2.76. The molecule has 0 bridgehead atoms. The molecule has 102 valence electrons. The molecule has 6 heteroatoms. The Morgan fingerprint density at radius 1 is 1.05 bits per heavy atom. The van der Waals surface area contributed by atoms with E-state index in [2.05, 4.69) is 15.8 Å². The molecular formula is C14H13ClN4O. The van der Waals surface area contributed by atoms with Crippen LogP contribution in [0, 0.1) is 0 Å². The number of hydrogen-bond acceptors (Lipinski definition) is 3. The average Bonchev–Trinajstić information content (AvgIpc) is 2.48. The number of nitrogens with zero attached hydrogens (tertiary/aromatic N) is 1. The van der Waals surface area contributed by atoms with Gasteiger partial charge in [0.15, 0.2) is 0 Å². The van der Waals surface area contributed by atoms with Crippen molar-refractivity contribution in [1.82, 2.24) is 0 Å². The maximum atomic E-state index is 11.8. The summed E-state index contributed by atoms with van der Waals surface area (Å²) in [6.45, 7) is 0. The van der Waals surface area contributed by atoms with Crippen molar-refractivity contribution >= 4 is 34.7 Å². The van der Waals surface area contributed by atoms with Crippen LogP contribution < -0.4 is 16.5 Å². The van der Waals surface area contributed by atoms with Crippen molar-refractivity contribution < 1.29 is 4.79 Å². The summed E-state index contributed by atoms with van der Waals surface area (Å²) in [5, 5.41) is 6.82. The van der Waals surface area contributed by atoms with Gasteiger partial charge in [-0.1, -0.05) is 41.9 Å². The van der Waals surface area contributed by atoms with Crippen LogP contribution in [0.4, 0.5) is 11.4 Å². The quantitative estimate of drug-likeness (QED) is 0.461. The van der Waals surface area contributed by atoms with Crippen molar-refractivity contribution in [2.24, 2.45) is 10.8 Å². The highest BCUT2D eigenvalue weighted by Gasteiger charge is 2.09. The van der Waals surface area contributed by atoms with Gasteiger partial charge in [-0.2, -0.15) is 5.10 Å². The minimum absolute atomic E-state index is 0.186. The molecule has 0 aromatic heterocycles. The zero-order chi connectivity index (χ0) is 14.4. The van der Waals surface area contributed by atoms with E-state index < -0.39 is 5.91 Å². The second kappa shape index (κ2) is 6.58. The standard InChI is InChI=1S/C14H13ClN4O/c15-11-8-4-5-9-12(11)17-14(20)13(16)19-18-10-6-2-1-3-7-10/h1-9,18H,(H2,16,19)(H,17,20). The second-order valence-corrected chi connectivity index (χ2v) is 4.32. The fraction of sp³-hybridized carbons (Fsp3) is 0. The van der Waals surface area contributed by atoms with Crippen molar-refractivity contribution in [1.29, 1.82) is 0 Å². The number of benzene rings is 2. The van der Waals surface area contributed by atoms with E-state index in [9.17, 15) is 4.79 Å². The molecule has 5 nitrogen and oxygen atoms in total. The van der Waals surface area contributed by atoms with Gasteiger partial charge in [-0.05, 0) is 24.3 Å². The molecule has 0 aliphatic rings. The topological polar surface area (TPSA) is 79.5 Å². The van der Waals surface area contributed by atoms with E-state index >= 15 is 0 Å². The molecular weight excluding hydrogens is 276 g/mol. The SMILES string of the molecule is NC(=NNc1ccccc1)C(=O)Nc1ccccc1Cl. The third kappa shape index (κ3) is 3.73. The molecule has 2 aromatic carbocycles. The first kappa shape index (κ1) is 13.9. The largest absolute Gasteiger partial charge is 0.378 e. The van der Waals surface area contributed by atoms with Crippen LogP contribution in [-0.2, 0) is 4.79 Å². The van der Waals surface area contributed by atoms with Crippen LogP contribution in [0.15, 0.2) is 59.7 Å².